The summed E-state index contributed by atoms with van der Waals surface area (Å²) in [6.07, 6.45) is 0. The smallest absolute Gasteiger partial charge is 0.0361 e. The number of fused-ring (bicyclic) bond motifs is 3. The lowest BCUT2D eigenvalue weighted by Gasteiger charge is -2.03. The molecule has 4 aromatic rings. The Kier molecular flexibility index (Phi) is 2.39. The van der Waals surface area contributed by atoms with Crippen molar-refractivity contribution in [3.8, 4) is 11.1 Å². The minimum Gasteiger partial charge on any atom is -0.135 e. The van der Waals surface area contributed by atoms with Crippen LogP contribution in [0, 0.1) is 24.3 Å². The summed E-state index contributed by atoms with van der Waals surface area (Å²) in [5.74, 6) is 0. The van der Waals surface area contributed by atoms with Gasteiger partial charge in [-0.1, -0.05) is 30.3 Å². The Morgan fingerprint density at radius 1 is 0.842 bits per heavy atom. The average Bonchev–Trinajstić information content (AvgIpc) is 2.86. The summed E-state index contributed by atoms with van der Waals surface area (Å²) in [5.41, 5.74) is 2.21. The number of benzene rings is 3. The first-order chi connectivity index (χ1) is 9.43. The van der Waals surface area contributed by atoms with Crippen LogP contribution in [0.15, 0.2) is 48.5 Å². The molecular formula is C18H8S. The summed E-state index contributed by atoms with van der Waals surface area (Å²) in [6.45, 7) is 0. The van der Waals surface area contributed by atoms with Crippen molar-refractivity contribution in [3.05, 3.63) is 72.8 Å². The molecule has 0 aliphatic heterocycles. The molecule has 0 nitrogen and oxygen atoms in total. The molecule has 0 spiro atoms. The third kappa shape index (κ3) is 1.66. The highest BCUT2D eigenvalue weighted by atomic mass is 32.1. The molecule has 0 amide bonds. The normalized spacial score (nSPS) is 11.2. The molecule has 1 heterocycles. The second-order valence-corrected chi connectivity index (χ2v) is 5.44. The Hall–Kier alpha value is -2.12. The predicted octanol–water partition coefficient (Wildman–Crippen LogP) is 4.92. The van der Waals surface area contributed by atoms with E-state index in [-0.39, 0.29) is 0 Å². The van der Waals surface area contributed by atoms with Crippen LogP contribution in [0.2, 0.25) is 0 Å². The quantitative estimate of drug-likeness (QED) is 0.453. The lowest BCUT2D eigenvalue weighted by Crippen LogP contribution is -1.79. The van der Waals surface area contributed by atoms with E-state index < -0.39 is 0 Å². The lowest BCUT2D eigenvalue weighted by molar-refractivity contribution is 1.62. The molecule has 0 N–H and O–H groups in total. The highest BCUT2D eigenvalue weighted by Gasteiger charge is 2.09. The second kappa shape index (κ2) is 4.22. The van der Waals surface area contributed by atoms with E-state index in [2.05, 4.69) is 66.7 Å². The van der Waals surface area contributed by atoms with Gasteiger partial charge >= 0.3 is 0 Å². The van der Waals surface area contributed by atoms with Crippen LogP contribution >= 0.6 is 11.3 Å². The third-order valence-corrected chi connectivity index (χ3v) is 4.38. The molecule has 0 unspecified atom stereocenters. The van der Waals surface area contributed by atoms with E-state index in [1.165, 1.54) is 25.7 Å². The van der Waals surface area contributed by atoms with Crippen LogP contribution in [0.5, 0.6) is 0 Å². The molecule has 0 atom stereocenters. The Labute approximate surface area is 115 Å². The van der Waals surface area contributed by atoms with E-state index >= 15 is 0 Å². The fourth-order valence-corrected chi connectivity index (χ4v) is 3.56. The molecule has 19 heavy (non-hydrogen) atoms. The second-order valence-electron chi connectivity index (χ2n) is 4.35. The minimum absolute atomic E-state index is 1.02. The SMILES string of the molecule is [c]1[c][c]c(-c2cccc3sc4ccccc4c23)c[c]1. The summed E-state index contributed by atoms with van der Waals surface area (Å²) >= 11 is 1.83. The lowest BCUT2D eigenvalue weighted by atomic mass is 10.00. The zero-order valence-electron chi connectivity index (χ0n) is 10.0. The van der Waals surface area contributed by atoms with Crippen LogP contribution in [0.3, 0.4) is 0 Å². The predicted molar refractivity (Wildman–Crippen MR) is 80.1 cm³/mol. The van der Waals surface area contributed by atoms with Crippen LogP contribution in [0.4, 0.5) is 0 Å². The van der Waals surface area contributed by atoms with Crippen LogP contribution in [-0.2, 0) is 0 Å². The van der Waals surface area contributed by atoms with Gasteiger partial charge in [0.15, 0.2) is 0 Å². The molecule has 4 rings (SSSR count). The van der Waals surface area contributed by atoms with Gasteiger partial charge < -0.3 is 0 Å². The van der Waals surface area contributed by atoms with Crippen molar-refractivity contribution in [3.63, 3.8) is 0 Å². The fraction of sp³-hybridized carbons (Fsp3) is 0. The van der Waals surface area contributed by atoms with Gasteiger partial charge in [0.2, 0.25) is 0 Å². The van der Waals surface area contributed by atoms with E-state index in [1.807, 2.05) is 17.4 Å². The first-order valence-corrected chi connectivity index (χ1v) is 6.87. The third-order valence-electron chi connectivity index (χ3n) is 3.24. The number of hydrogen-bond acceptors (Lipinski definition) is 1. The van der Waals surface area contributed by atoms with Gasteiger partial charge in [0.1, 0.15) is 0 Å². The maximum absolute atomic E-state index is 3.12. The summed E-state index contributed by atoms with van der Waals surface area (Å²) < 4.78 is 2.63. The van der Waals surface area contributed by atoms with Crippen LogP contribution in [0.25, 0.3) is 31.3 Å². The molecule has 1 heteroatoms. The molecular weight excluding hydrogens is 248 g/mol. The fourth-order valence-electron chi connectivity index (χ4n) is 2.42. The van der Waals surface area contributed by atoms with E-state index in [4.69, 9.17) is 0 Å². The van der Waals surface area contributed by atoms with Crippen molar-refractivity contribution in [2.24, 2.45) is 0 Å². The van der Waals surface area contributed by atoms with E-state index in [9.17, 15) is 0 Å². The molecule has 4 radical (unpaired) electrons. The molecule has 0 saturated heterocycles. The Bertz CT molecular complexity index is 857. The van der Waals surface area contributed by atoms with Crippen LogP contribution in [-0.4, -0.2) is 0 Å². The number of hydrogen-bond donors (Lipinski definition) is 0. The van der Waals surface area contributed by atoms with Gasteiger partial charge in [0, 0.05) is 20.2 Å². The van der Waals surface area contributed by atoms with E-state index in [0.29, 0.717) is 0 Å². The van der Waals surface area contributed by atoms with E-state index in [0.717, 1.165) is 5.56 Å². The van der Waals surface area contributed by atoms with Gasteiger partial charge in [-0.3, -0.25) is 0 Å². The van der Waals surface area contributed by atoms with Gasteiger partial charge in [-0.25, -0.2) is 0 Å². The highest BCUT2D eigenvalue weighted by Crippen LogP contribution is 2.39. The molecule has 0 bridgehead atoms. The Balaban J connectivity index is 2.17. The summed E-state index contributed by atoms with van der Waals surface area (Å²) in [6, 6.07) is 28.6. The summed E-state index contributed by atoms with van der Waals surface area (Å²) in [7, 11) is 0. The van der Waals surface area contributed by atoms with Gasteiger partial charge in [-0.05, 0) is 53.6 Å². The highest BCUT2D eigenvalue weighted by molar-refractivity contribution is 7.25. The molecule has 86 valence electrons. The zero-order chi connectivity index (χ0) is 12.7. The molecule has 0 aliphatic rings. The van der Waals surface area contributed by atoms with Crippen LogP contribution in [0.1, 0.15) is 0 Å². The standard InChI is InChI=1S/C18H8S/c1-2-7-13(8-3-1)14-10-6-12-17-18(14)15-9-4-5-11-16(15)19-17/h4-7,9-12H. The largest absolute Gasteiger partial charge is 0.135 e. The minimum atomic E-state index is 1.02. The molecule has 0 fully saturated rings. The summed E-state index contributed by atoms with van der Waals surface area (Å²) in [5, 5.41) is 2.60. The van der Waals surface area contributed by atoms with Crippen molar-refractivity contribution in [1.29, 1.82) is 0 Å². The summed E-state index contributed by atoms with van der Waals surface area (Å²) in [4.78, 5) is 0. The van der Waals surface area contributed by atoms with Crippen LogP contribution < -0.4 is 0 Å². The Morgan fingerprint density at radius 2 is 1.74 bits per heavy atom. The maximum Gasteiger partial charge on any atom is 0.0361 e. The zero-order valence-corrected chi connectivity index (χ0v) is 10.8. The first kappa shape index (κ1) is 10.8. The number of rotatable bonds is 1. The van der Waals surface area contributed by atoms with Crippen molar-refractivity contribution < 1.29 is 0 Å². The van der Waals surface area contributed by atoms with Gasteiger partial charge in [0.25, 0.3) is 0 Å². The molecule has 0 saturated carbocycles. The molecule has 1 aromatic heterocycles. The number of thiophene rings is 1. The Morgan fingerprint density at radius 3 is 2.63 bits per heavy atom. The molecule has 3 aromatic carbocycles. The van der Waals surface area contributed by atoms with Crippen molar-refractivity contribution in [2.45, 2.75) is 0 Å². The van der Waals surface area contributed by atoms with Gasteiger partial charge in [-0.2, -0.15) is 0 Å². The first-order valence-electron chi connectivity index (χ1n) is 6.06. The van der Waals surface area contributed by atoms with Crippen molar-refractivity contribution in [1.82, 2.24) is 0 Å². The van der Waals surface area contributed by atoms with Gasteiger partial charge in [0.05, 0.1) is 0 Å². The van der Waals surface area contributed by atoms with Crippen molar-refractivity contribution in [2.75, 3.05) is 0 Å². The molecule has 0 aliphatic carbocycles. The topological polar surface area (TPSA) is 0 Å². The average molecular weight is 256 g/mol. The maximum atomic E-state index is 3.12. The van der Waals surface area contributed by atoms with Gasteiger partial charge in [-0.15, -0.1) is 11.3 Å². The van der Waals surface area contributed by atoms with Crippen molar-refractivity contribution >= 4 is 31.5 Å². The monoisotopic (exact) mass is 256 g/mol. The van der Waals surface area contributed by atoms with E-state index in [1.54, 1.807) is 0 Å².